The van der Waals surface area contributed by atoms with Gasteiger partial charge in [-0.2, -0.15) is 0 Å². The molecule has 0 aliphatic heterocycles. The van der Waals surface area contributed by atoms with Crippen LogP contribution in [0, 0.1) is 0 Å². The van der Waals surface area contributed by atoms with Crippen molar-refractivity contribution in [3.63, 3.8) is 0 Å². The van der Waals surface area contributed by atoms with Gasteiger partial charge in [0.05, 0.1) is 22.1 Å². The van der Waals surface area contributed by atoms with E-state index in [1.165, 1.54) is 102 Å². The van der Waals surface area contributed by atoms with Crippen LogP contribution in [-0.4, -0.2) is 9.13 Å². The molecule has 8 heteroatoms. The summed E-state index contributed by atoms with van der Waals surface area (Å²) in [7, 11) is 0. The smallest absolute Gasteiger partial charge is 0.101 e. The molecule has 0 unspecified atom stereocenters. The first kappa shape index (κ1) is 32.9. The SMILES string of the molecule is c1ccc2c(c1)c1ccccc1n2-c1ccc(-c2ccc(-c3ccc(-c4ccc(-c5ccc(-c6ccc(-n7c8ccccc8c8ccccc87)s6)s5)s4)s3)s2)s1. The van der Waals surface area contributed by atoms with Gasteiger partial charge >= 0.3 is 0 Å². The number of benzene rings is 4. The van der Waals surface area contributed by atoms with Crippen LogP contribution in [0.15, 0.2) is 170 Å². The molecule has 0 atom stereocenters. The summed E-state index contributed by atoms with van der Waals surface area (Å²) in [6, 6.07) is 62.4. The number of hydrogen-bond donors (Lipinski definition) is 0. The van der Waals surface area contributed by atoms with E-state index in [-0.39, 0.29) is 0 Å². The molecule has 56 heavy (non-hydrogen) atoms. The average Bonchev–Trinajstić information content (AvgIpc) is 4.09. The van der Waals surface area contributed by atoms with E-state index in [1.807, 2.05) is 68.0 Å². The highest BCUT2D eigenvalue weighted by molar-refractivity contribution is 7.30. The number of hydrogen-bond acceptors (Lipinski definition) is 6. The minimum Gasteiger partial charge on any atom is -0.301 e. The van der Waals surface area contributed by atoms with E-state index in [1.54, 1.807) is 0 Å². The minimum atomic E-state index is 1.25. The third-order valence-corrected chi connectivity index (χ3v) is 17.9. The molecule has 0 fully saturated rings. The van der Waals surface area contributed by atoms with Crippen LogP contribution < -0.4 is 0 Å². The molecule has 0 N–H and O–H groups in total. The van der Waals surface area contributed by atoms with Gasteiger partial charge in [-0.3, -0.25) is 0 Å². The molecule has 0 radical (unpaired) electrons. The molecule has 12 aromatic rings. The van der Waals surface area contributed by atoms with Crippen LogP contribution in [0.1, 0.15) is 0 Å². The molecule has 0 saturated carbocycles. The fourth-order valence-corrected chi connectivity index (χ4v) is 14.4. The summed E-state index contributed by atoms with van der Waals surface area (Å²) >= 11 is 11.3. The Bertz CT molecular complexity index is 3070. The van der Waals surface area contributed by atoms with E-state index >= 15 is 0 Å². The highest BCUT2D eigenvalue weighted by atomic mass is 32.1. The Labute approximate surface area is 346 Å². The summed E-state index contributed by atoms with van der Waals surface area (Å²) in [6.45, 7) is 0. The Hall–Kier alpha value is -5.32. The molecular formula is C48H28N2S6. The maximum Gasteiger partial charge on any atom is 0.101 e. The topological polar surface area (TPSA) is 9.86 Å². The van der Waals surface area contributed by atoms with Crippen molar-refractivity contribution in [2.45, 2.75) is 0 Å². The Morgan fingerprint density at radius 1 is 0.214 bits per heavy atom. The van der Waals surface area contributed by atoms with Gasteiger partial charge in [-0.25, -0.2) is 0 Å². The second-order valence-corrected chi connectivity index (χ2v) is 20.1. The summed E-state index contributed by atoms with van der Waals surface area (Å²) in [6.07, 6.45) is 0. The van der Waals surface area contributed by atoms with Crippen molar-refractivity contribution in [2.24, 2.45) is 0 Å². The van der Waals surface area contributed by atoms with Crippen LogP contribution in [0.5, 0.6) is 0 Å². The van der Waals surface area contributed by atoms with Gasteiger partial charge in [-0.1, -0.05) is 72.8 Å². The lowest BCUT2D eigenvalue weighted by molar-refractivity contribution is 1.22. The van der Waals surface area contributed by atoms with Gasteiger partial charge in [-0.15, -0.1) is 68.0 Å². The van der Waals surface area contributed by atoms with Gasteiger partial charge in [-0.05, 0) is 97.1 Å². The predicted octanol–water partition coefficient (Wildman–Crippen LogP) is 16.6. The summed E-state index contributed by atoms with van der Waals surface area (Å²) in [5.41, 5.74) is 5.01. The zero-order valence-corrected chi connectivity index (χ0v) is 34.4. The van der Waals surface area contributed by atoms with Crippen molar-refractivity contribution in [1.82, 2.24) is 9.13 Å². The number of aromatic nitrogens is 2. The maximum atomic E-state index is 2.41. The highest BCUT2D eigenvalue weighted by Gasteiger charge is 2.18. The van der Waals surface area contributed by atoms with Gasteiger partial charge in [0.2, 0.25) is 0 Å². The van der Waals surface area contributed by atoms with Gasteiger partial charge in [0.1, 0.15) is 10.0 Å². The highest BCUT2D eigenvalue weighted by Crippen LogP contribution is 2.47. The lowest BCUT2D eigenvalue weighted by Gasteiger charge is -2.03. The lowest BCUT2D eigenvalue weighted by Crippen LogP contribution is -1.89. The summed E-state index contributed by atoms with van der Waals surface area (Å²) in [5, 5.41) is 7.69. The Balaban J connectivity index is 0.791. The Morgan fingerprint density at radius 3 is 0.696 bits per heavy atom. The molecule has 0 aliphatic rings. The molecule has 0 saturated heterocycles. The van der Waals surface area contributed by atoms with Crippen molar-refractivity contribution in [1.29, 1.82) is 0 Å². The molecule has 2 nitrogen and oxygen atoms in total. The second-order valence-electron chi connectivity index (χ2n) is 13.7. The second kappa shape index (κ2) is 13.1. The summed E-state index contributed by atoms with van der Waals surface area (Å²) in [4.78, 5) is 13.2. The summed E-state index contributed by atoms with van der Waals surface area (Å²) in [5.74, 6) is 0. The van der Waals surface area contributed by atoms with E-state index in [9.17, 15) is 0 Å². The third-order valence-electron chi connectivity index (χ3n) is 10.4. The van der Waals surface area contributed by atoms with E-state index in [0.717, 1.165) is 0 Å². The Morgan fingerprint density at radius 2 is 0.429 bits per heavy atom. The molecule has 8 heterocycles. The van der Waals surface area contributed by atoms with Crippen molar-refractivity contribution >= 4 is 112 Å². The molecule has 0 aliphatic carbocycles. The standard InChI is InChI=1S/C48H28N2S6/c1-5-13-33-29(9-1)30-10-2-6-14-34(30)49(33)47-27-25-45(55-47)43-23-21-41(53-43)39-19-17-37(51-39)38-18-20-40(52-38)42-22-24-44(54-42)46-26-28-48(56-46)50-35-15-7-3-11-31(35)32-12-4-8-16-36(32)50/h1-28H. The molecule has 0 bridgehead atoms. The number of fused-ring (bicyclic) bond motifs is 6. The van der Waals surface area contributed by atoms with Crippen molar-refractivity contribution in [2.75, 3.05) is 0 Å². The van der Waals surface area contributed by atoms with Crippen LogP contribution in [0.2, 0.25) is 0 Å². The molecule has 4 aromatic carbocycles. The van der Waals surface area contributed by atoms with E-state index in [2.05, 4.69) is 179 Å². The zero-order valence-electron chi connectivity index (χ0n) is 29.5. The largest absolute Gasteiger partial charge is 0.301 e. The fraction of sp³-hybridized carbons (Fsp3) is 0. The average molecular weight is 825 g/mol. The van der Waals surface area contributed by atoms with Gasteiger partial charge < -0.3 is 9.13 Å². The monoisotopic (exact) mass is 824 g/mol. The number of nitrogens with zero attached hydrogens (tertiary/aromatic N) is 2. The van der Waals surface area contributed by atoms with E-state index in [4.69, 9.17) is 0 Å². The lowest BCUT2D eigenvalue weighted by atomic mass is 10.2. The fourth-order valence-electron chi connectivity index (χ4n) is 7.89. The number of thiophene rings is 6. The molecule has 12 rings (SSSR count). The van der Waals surface area contributed by atoms with Crippen molar-refractivity contribution in [3.05, 3.63) is 170 Å². The van der Waals surface area contributed by atoms with Gasteiger partial charge in [0.25, 0.3) is 0 Å². The third kappa shape index (κ3) is 5.29. The van der Waals surface area contributed by atoms with Gasteiger partial charge in [0.15, 0.2) is 0 Å². The number of rotatable bonds is 7. The first-order valence-corrected chi connectivity index (χ1v) is 23.2. The maximum absolute atomic E-state index is 2.41. The molecule has 266 valence electrons. The van der Waals surface area contributed by atoms with Crippen LogP contribution in [0.25, 0.3) is 102 Å². The van der Waals surface area contributed by atoms with E-state index in [0.29, 0.717) is 0 Å². The first-order valence-electron chi connectivity index (χ1n) is 18.3. The van der Waals surface area contributed by atoms with Gasteiger partial charge in [0, 0.05) is 70.3 Å². The summed E-state index contributed by atoms with van der Waals surface area (Å²) < 4.78 is 4.83. The number of para-hydroxylation sites is 4. The molecule has 8 aromatic heterocycles. The Kier molecular flexibility index (Phi) is 7.71. The van der Waals surface area contributed by atoms with Crippen LogP contribution in [-0.2, 0) is 0 Å². The first-order chi connectivity index (χ1) is 27.7. The zero-order chi connectivity index (χ0) is 36.7. The predicted molar refractivity (Wildman–Crippen MR) is 250 cm³/mol. The van der Waals surface area contributed by atoms with Crippen LogP contribution in [0.4, 0.5) is 0 Å². The van der Waals surface area contributed by atoms with Crippen LogP contribution in [0.3, 0.4) is 0 Å². The minimum absolute atomic E-state index is 1.25. The van der Waals surface area contributed by atoms with Crippen LogP contribution >= 0.6 is 68.0 Å². The van der Waals surface area contributed by atoms with Crippen molar-refractivity contribution in [3.8, 4) is 58.8 Å². The van der Waals surface area contributed by atoms with Crippen molar-refractivity contribution < 1.29 is 0 Å². The normalized spacial score (nSPS) is 11.9. The van der Waals surface area contributed by atoms with E-state index < -0.39 is 0 Å². The quantitative estimate of drug-likeness (QED) is 0.152. The molecule has 0 spiro atoms. The molecule has 0 amide bonds. The molecular weight excluding hydrogens is 797 g/mol.